The first kappa shape index (κ1) is 14.0. The average Bonchev–Trinajstić information content (AvgIpc) is 2.86. The molecule has 1 saturated heterocycles. The SMILES string of the molecule is COC(=O)[C@H](C)O[C@@H]1OCC[C@@H]1Cc1ccccc1. The lowest BCUT2D eigenvalue weighted by molar-refractivity contribution is -0.184. The summed E-state index contributed by atoms with van der Waals surface area (Å²) in [4.78, 5) is 11.4. The van der Waals surface area contributed by atoms with Gasteiger partial charge >= 0.3 is 5.97 Å². The number of hydrogen-bond donors (Lipinski definition) is 0. The first-order valence-electron chi connectivity index (χ1n) is 6.59. The van der Waals surface area contributed by atoms with Crippen LogP contribution in [0.15, 0.2) is 30.3 Å². The lowest BCUT2D eigenvalue weighted by Gasteiger charge is -2.22. The minimum atomic E-state index is -0.591. The van der Waals surface area contributed by atoms with Crippen molar-refractivity contribution in [2.45, 2.75) is 32.2 Å². The zero-order valence-electron chi connectivity index (χ0n) is 11.4. The van der Waals surface area contributed by atoms with Crippen molar-refractivity contribution in [3.8, 4) is 0 Å². The van der Waals surface area contributed by atoms with Gasteiger partial charge in [0, 0.05) is 5.92 Å². The molecule has 1 aliphatic heterocycles. The van der Waals surface area contributed by atoms with Crippen LogP contribution in [0.5, 0.6) is 0 Å². The van der Waals surface area contributed by atoms with Crippen LogP contribution in [0.4, 0.5) is 0 Å². The molecule has 19 heavy (non-hydrogen) atoms. The maximum Gasteiger partial charge on any atom is 0.334 e. The molecule has 4 heteroatoms. The molecule has 1 aliphatic rings. The third-order valence-corrected chi connectivity index (χ3v) is 3.37. The Labute approximate surface area is 113 Å². The van der Waals surface area contributed by atoms with Crippen LogP contribution >= 0.6 is 0 Å². The van der Waals surface area contributed by atoms with Crippen LogP contribution in [0, 0.1) is 5.92 Å². The summed E-state index contributed by atoms with van der Waals surface area (Å²) in [6.07, 6.45) is 0.938. The molecule has 3 atom stereocenters. The van der Waals surface area contributed by atoms with Crippen molar-refractivity contribution in [3.63, 3.8) is 0 Å². The van der Waals surface area contributed by atoms with Crippen LogP contribution in [-0.2, 0) is 25.4 Å². The number of esters is 1. The van der Waals surface area contributed by atoms with Gasteiger partial charge in [0.1, 0.15) is 0 Å². The average molecular weight is 264 g/mol. The lowest BCUT2D eigenvalue weighted by atomic mass is 9.97. The van der Waals surface area contributed by atoms with Crippen molar-refractivity contribution in [1.82, 2.24) is 0 Å². The maximum absolute atomic E-state index is 11.4. The van der Waals surface area contributed by atoms with Gasteiger partial charge in [-0.3, -0.25) is 0 Å². The van der Waals surface area contributed by atoms with E-state index in [1.807, 2.05) is 18.2 Å². The molecular formula is C15H20O4. The fourth-order valence-corrected chi connectivity index (χ4v) is 2.30. The Morgan fingerprint density at radius 2 is 2.16 bits per heavy atom. The van der Waals surface area contributed by atoms with Gasteiger partial charge in [0.05, 0.1) is 13.7 Å². The topological polar surface area (TPSA) is 44.8 Å². The van der Waals surface area contributed by atoms with Crippen molar-refractivity contribution in [3.05, 3.63) is 35.9 Å². The molecule has 0 radical (unpaired) electrons. The Hall–Kier alpha value is -1.39. The third-order valence-electron chi connectivity index (χ3n) is 3.37. The molecule has 0 bridgehead atoms. The molecule has 0 aliphatic carbocycles. The van der Waals surface area contributed by atoms with Crippen molar-refractivity contribution >= 4 is 5.97 Å². The van der Waals surface area contributed by atoms with Crippen LogP contribution in [0.2, 0.25) is 0 Å². The van der Waals surface area contributed by atoms with Gasteiger partial charge in [-0.15, -0.1) is 0 Å². The third kappa shape index (κ3) is 3.78. The first-order chi connectivity index (χ1) is 9.20. The fraction of sp³-hybridized carbons (Fsp3) is 0.533. The van der Waals surface area contributed by atoms with Crippen LogP contribution in [0.1, 0.15) is 18.9 Å². The summed E-state index contributed by atoms with van der Waals surface area (Å²) in [6.45, 7) is 2.36. The van der Waals surface area contributed by atoms with Crippen LogP contribution in [0.25, 0.3) is 0 Å². The molecule has 0 aromatic heterocycles. The van der Waals surface area contributed by atoms with Crippen molar-refractivity contribution in [1.29, 1.82) is 0 Å². The summed E-state index contributed by atoms with van der Waals surface area (Å²) in [7, 11) is 1.36. The fourth-order valence-electron chi connectivity index (χ4n) is 2.30. The van der Waals surface area contributed by atoms with Crippen molar-refractivity contribution < 1.29 is 19.0 Å². The largest absolute Gasteiger partial charge is 0.467 e. The van der Waals surface area contributed by atoms with Crippen LogP contribution in [0.3, 0.4) is 0 Å². The highest BCUT2D eigenvalue weighted by molar-refractivity contribution is 5.73. The number of hydrogen-bond acceptors (Lipinski definition) is 4. The zero-order valence-corrected chi connectivity index (χ0v) is 11.4. The minimum absolute atomic E-state index is 0.287. The second-order valence-corrected chi connectivity index (χ2v) is 4.78. The van der Waals surface area contributed by atoms with E-state index < -0.39 is 6.10 Å². The second kappa shape index (κ2) is 6.68. The van der Waals surface area contributed by atoms with E-state index in [9.17, 15) is 4.79 Å². The van der Waals surface area contributed by atoms with E-state index in [0.717, 1.165) is 12.8 Å². The number of benzene rings is 1. The predicted molar refractivity (Wildman–Crippen MR) is 70.6 cm³/mol. The standard InChI is InChI=1S/C15H20O4/c1-11(14(16)17-2)19-15-13(8-9-18-15)10-12-6-4-3-5-7-12/h3-7,11,13,15H,8-10H2,1-2H3/t11-,13+,15-/m0/s1. The van der Waals surface area contributed by atoms with Crippen molar-refractivity contribution in [2.24, 2.45) is 5.92 Å². The number of methoxy groups -OCH3 is 1. The molecule has 0 saturated carbocycles. The molecule has 1 heterocycles. The van der Waals surface area contributed by atoms with E-state index in [2.05, 4.69) is 16.9 Å². The molecular weight excluding hydrogens is 244 g/mol. The van der Waals surface area contributed by atoms with Gasteiger partial charge in [-0.05, 0) is 25.3 Å². The second-order valence-electron chi connectivity index (χ2n) is 4.78. The number of rotatable bonds is 5. The summed E-state index contributed by atoms with van der Waals surface area (Å²) < 4.78 is 15.9. The highest BCUT2D eigenvalue weighted by atomic mass is 16.7. The molecule has 1 aromatic carbocycles. The lowest BCUT2D eigenvalue weighted by Crippen LogP contribution is -2.31. The minimum Gasteiger partial charge on any atom is -0.467 e. The van der Waals surface area contributed by atoms with E-state index >= 15 is 0 Å². The highest BCUT2D eigenvalue weighted by Gasteiger charge is 2.32. The maximum atomic E-state index is 11.4. The number of carbonyl (C=O) groups is 1. The van der Waals surface area contributed by atoms with Gasteiger partial charge in [0.15, 0.2) is 12.4 Å². The number of carbonyl (C=O) groups excluding carboxylic acids is 1. The quantitative estimate of drug-likeness (QED) is 0.765. The van der Waals surface area contributed by atoms with Gasteiger partial charge in [-0.1, -0.05) is 30.3 Å². The Morgan fingerprint density at radius 3 is 2.84 bits per heavy atom. The first-order valence-corrected chi connectivity index (χ1v) is 6.59. The van der Waals surface area contributed by atoms with E-state index in [0.29, 0.717) is 6.61 Å². The molecule has 0 unspecified atom stereocenters. The highest BCUT2D eigenvalue weighted by Crippen LogP contribution is 2.26. The zero-order chi connectivity index (χ0) is 13.7. The molecule has 104 valence electrons. The molecule has 0 N–H and O–H groups in total. The van der Waals surface area contributed by atoms with Gasteiger partial charge in [0.2, 0.25) is 0 Å². The normalized spacial score (nSPS) is 24.1. The Morgan fingerprint density at radius 1 is 1.42 bits per heavy atom. The Balaban J connectivity index is 1.92. The molecule has 4 nitrogen and oxygen atoms in total. The molecule has 0 amide bonds. The number of ether oxygens (including phenoxy) is 3. The van der Waals surface area contributed by atoms with Gasteiger partial charge in [-0.2, -0.15) is 0 Å². The van der Waals surface area contributed by atoms with E-state index in [1.54, 1.807) is 6.92 Å². The Kier molecular flexibility index (Phi) is 4.93. The van der Waals surface area contributed by atoms with Gasteiger partial charge < -0.3 is 14.2 Å². The van der Waals surface area contributed by atoms with Gasteiger partial charge in [0.25, 0.3) is 0 Å². The van der Waals surface area contributed by atoms with E-state index in [1.165, 1.54) is 12.7 Å². The molecule has 1 fully saturated rings. The monoisotopic (exact) mass is 264 g/mol. The van der Waals surface area contributed by atoms with Crippen molar-refractivity contribution in [2.75, 3.05) is 13.7 Å². The smallest absolute Gasteiger partial charge is 0.334 e. The van der Waals surface area contributed by atoms with Crippen LogP contribution in [-0.4, -0.2) is 32.1 Å². The Bertz CT molecular complexity index is 404. The van der Waals surface area contributed by atoms with E-state index in [4.69, 9.17) is 9.47 Å². The summed E-state index contributed by atoms with van der Waals surface area (Å²) in [5, 5.41) is 0. The van der Waals surface area contributed by atoms with Crippen LogP contribution < -0.4 is 0 Å². The predicted octanol–water partition coefficient (Wildman–Crippen LogP) is 2.17. The van der Waals surface area contributed by atoms with E-state index in [-0.39, 0.29) is 18.2 Å². The summed E-state index contributed by atoms with van der Waals surface area (Å²) >= 11 is 0. The molecule has 2 rings (SSSR count). The molecule has 0 spiro atoms. The summed E-state index contributed by atoms with van der Waals surface area (Å²) in [6, 6.07) is 10.2. The van der Waals surface area contributed by atoms with Gasteiger partial charge in [-0.25, -0.2) is 4.79 Å². The summed E-state index contributed by atoms with van der Waals surface area (Å²) in [5.41, 5.74) is 1.26. The molecule has 1 aromatic rings. The summed E-state index contributed by atoms with van der Waals surface area (Å²) in [5.74, 6) is -0.0801.